The normalized spacial score (nSPS) is 10.2. The molecule has 128 valence electrons. The summed E-state index contributed by atoms with van der Waals surface area (Å²) in [6.45, 7) is 6.57. The highest BCUT2D eigenvalue weighted by molar-refractivity contribution is 5.91. The van der Waals surface area contributed by atoms with Crippen LogP contribution in [0, 0.1) is 6.92 Å². The topological polar surface area (TPSA) is 61.8 Å². The van der Waals surface area contributed by atoms with Crippen LogP contribution in [0.25, 0.3) is 0 Å². The molecule has 0 radical (unpaired) electrons. The van der Waals surface area contributed by atoms with Gasteiger partial charge < -0.3 is 14.2 Å². The Labute approximate surface area is 137 Å². The van der Waals surface area contributed by atoms with E-state index in [1.807, 2.05) is 13.0 Å². The first kappa shape index (κ1) is 19.0. The Morgan fingerprint density at radius 3 is 2.30 bits per heavy atom. The summed E-state index contributed by atoms with van der Waals surface area (Å²) >= 11 is 0. The van der Waals surface area contributed by atoms with Crippen LogP contribution in [-0.2, 0) is 14.3 Å². The Morgan fingerprint density at radius 1 is 1.00 bits per heavy atom. The molecule has 0 atom stereocenters. The minimum absolute atomic E-state index is 0.227. The van der Waals surface area contributed by atoms with E-state index in [0.717, 1.165) is 37.0 Å². The van der Waals surface area contributed by atoms with Crippen LogP contribution in [0.1, 0.15) is 55.5 Å². The molecule has 0 aliphatic heterocycles. The monoisotopic (exact) mass is 322 g/mol. The molecule has 23 heavy (non-hydrogen) atoms. The summed E-state index contributed by atoms with van der Waals surface area (Å²) in [4.78, 5) is 22.3. The van der Waals surface area contributed by atoms with E-state index in [-0.39, 0.29) is 11.9 Å². The number of aryl methyl sites for hydroxylation is 1. The van der Waals surface area contributed by atoms with Crippen LogP contribution in [0.2, 0.25) is 0 Å². The predicted molar refractivity (Wildman–Crippen MR) is 87.7 cm³/mol. The predicted octanol–water partition coefficient (Wildman–Crippen LogP) is 3.67. The fraction of sp³-hybridized carbons (Fsp3) is 0.556. The molecule has 0 saturated heterocycles. The molecule has 0 unspecified atom stereocenters. The minimum atomic E-state index is -0.302. The highest BCUT2D eigenvalue weighted by Crippen LogP contribution is 2.18. The van der Waals surface area contributed by atoms with Gasteiger partial charge in [0.25, 0.3) is 0 Å². The molecule has 0 N–H and O–H groups in total. The SMILES string of the molecule is CCOC(=O)c1ccc(OCCCCCCOC(C)=O)cc1C. The van der Waals surface area contributed by atoms with Gasteiger partial charge in [-0.2, -0.15) is 0 Å². The van der Waals surface area contributed by atoms with Crippen molar-refractivity contribution in [3.8, 4) is 5.75 Å². The second kappa shape index (κ2) is 10.6. The zero-order chi connectivity index (χ0) is 17.1. The number of ether oxygens (including phenoxy) is 3. The van der Waals surface area contributed by atoms with Gasteiger partial charge in [-0.05, 0) is 63.3 Å². The Morgan fingerprint density at radius 2 is 1.70 bits per heavy atom. The summed E-state index contributed by atoms with van der Waals surface area (Å²) in [6.07, 6.45) is 3.87. The number of carbonyl (C=O) groups is 2. The summed E-state index contributed by atoms with van der Waals surface area (Å²) in [7, 11) is 0. The summed E-state index contributed by atoms with van der Waals surface area (Å²) in [5, 5.41) is 0. The maximum absolute atomic E-state index is 11.7. The molecule has 1 aromatic rings. The molecule has 0 saturated carbocycles. The number of hydrogen-bond acceptors (Lipinski definition) is 5. The van der Waals surface area contributed by atoms with Crippen LogP contribution in [0.3, 0.4) is 0 Å². The van der Waals surface area contributed by atoms with Crippen LogP contribution >= 0.6 is 0 Å². The van der Waals surface area contributed by atoms with Crippen LogP contribution in [0.15, 0.2) is 18.2 Å². The maximum atomic E-state index is 11.7. The lowest BCUT2D eigenvalue weighted by molar-refractivity contribution is -0.141. The first-order valence-electron chi connectivity index (χ1n) is 8.08. The molecule has 0 aromatic heterocycles. The van der Waals surface area contributed by atoms with Gasteiger partial charge in [0.2, 0.25) is 0 Å². The van der Waals surface area contributed by atoms with Gasteiger partial charge in [-0.15, -0.1) is 0 Å². The number of rotatable bonds is 10. The van der Waals surface area contributed by atoms with Crippen LogP contribution in [-0.4, -0.2) is 31.8 Å². The molecule has 5 heteroatoms. The second-order valence-electron chi connectivity index (χ2n) is 5.30. The summed E-state index contributed by atoms with van der Waals surface area (Å²) in [5.74, 6) is 0.231. The van der Waals surface area contributed by atoms with Gasteiger partial charge in [0.1, 0.15) is 5.75 Å². The molecule has 0 fully saturated rings. The molecular formula is C18H26O5. The van der Waals surface area contributed by atoms with E-state index >= 15 is 0 Å². The number of carbonyl (C=O) groups excluding carboxylic acids is 2. The molecule has 0 aliphatic rings. The Bertz CT molecular complexity index is 510. The van der Waals surface area contributed by atoms with Crippen molar-refractivity contribution in [2.45, 2.75) is 46.5 Å². The van der Waals surface area contributed by atoms with Crippen molar-refractivity contribution in [2.24, 2.45) is 0 Å². The largest absolute Gasteiger partial charge is 0.494 e. The van der Waals surface area contributed by atoms with Gasteiger partial charge in [0.05, 0.1) is 25.4 Å². The van der Waals surface area contributed by atoms with E-state index in [1.165, 1.54) is 6.92 Å². The second-order valence-corrected chi connectivity index (χ2v) is 5.30. The first-order chi connectivity index (χ1) is 11.0. The Hall–Kier alpha value is -2.04. The molecule has 0 spiro atoms. The fourth-order valence-electron chi connectivity index (χ4n) is 2.13. The molecule has 0 heterocycles. The zero-order valence-electron chi connectivity index (χ0n) is 14.2. The van der Waals surface area contributed by atoms with E-state index in [9.17, 15) is 9.59 Å². The summed E-state index contributed by atoms with van der Waals surface area (Å²) in [6, 6.07) is 5.38. The van der Waals surface area contributed by atoms with Crippen molar-refractivity contribution in [1.29, 1.82) is 0 Å². The lowest BCUT2D eigenvalue weighted by Crippen LogP contribution is -2.07. The van der Waals surface area contributed by atoms with E-state index in [4.69, 9.17) is 14.2 Å². The number of hydrogen-bond donors (Lipinski definition) is 0. The van der Waals surface area contributed by atoms with E-state index < -0.39 is 0 Å². The lowest BCUT2D eigenvalue weighted by atomic mass is 10.1. The average Bonchev–Trinajstić information content (AvgIpc) is 2.50. The highest BCUT2D eigenvalue weighted by Gasteiger charge is 2.10. The van der Waals surface area contributed by atoms with Gasteiger partial charge in [-0.3, -0.25) is 4.79 Å². The van der Waals surface area contributed by atoms with Gasteiger partial charge in [0.15, 0.2) is 0 Å². The molecular weight excluding hydrogens is 296 g/mol. The van der Waals surface area contributed by atoms with Crippen molar-refractivity contribution >= 4 is 11.9 Å². The smallest absolute Gasteiger partial charge is 0.338 e. The molecule has 0 aliphatic carbocycles. The van der Waals surface area contributed by atoms with Crippen LogP contribution in [0.5, 0.6) is 5.75 Å². The molecule has 5 nitrogen and oxygen atoms in total. The zero-order valence-corrected chi connectivity index (χ0v) is 14.2. The summed E-state index contributed by atoms with van der Waals surface area (Å²) in [5.41, 5.74) is 1.42. The van der Waals surface area contributed by atoms with E-state index in [1.54, 1.807) is 19.1 Å². The van der Waals surface area contributed by atoms with Crippen LogP contribution < -0.4 is 4.74 Å². The van der Waals surface area contributed by atoms with Crippen molar-refractivity contribution in [2.75, 3.05) is 19.8 Å². The Kier molecular flexibility index (Phi) is 8.80. The van der Waals surface area contributed by atoms with Gasteiger partial charge in [-0.25, -0.2) is 4.79 Å². The first-order valence-corrected chi connectivity index (χ1v) is 8.08. The summed E-state index contributed by atoms with van der Waals surface area (Å²) < 4.78 is 15.6. The third-order valence-corrected chi connectivity index (χ3v) is 3.31. The standard InChI is InChI=1S/C18H26O5/c1-4-21-18(20)17-10-9-16(13-14(17)2)23-12-8-6-5-7-11-22-15(3)19/h9-10,13H,4-8,11-12H2,1-3H3. The quantitative estimate of drug-likeness (QED) is 0.486. The number of unbranched alkanes of at least 4 members (excludes halogenated alkanes) is 3. The van der Waals surface area contributed by atoms with Crippen molar-refractivity contribution in [3.63, 3.8) is 0 Å². The maximum Gasteiger partial charge on any atom is 0.338 e. The van der Waals surface area contributed by atoms with E-state index in [0.29, 0.717) is 25.4 Å². The van der Waals surface area contributed by atoms with Gasteiger partial charge >= 0.3 is 11.9 Å². The van der Waals surface area contributed by atoms with Crippen molar-refractivity contribution < 1.29 is 23.8 Å². The van der Waals surface area contributed by atoms with E-state index in [2.05, 4.69) is 0 Å². The average molecular weight is 322 g/mol. The molecule has 1 rings (SSSR count). The van der Waals surface area contributed by atoms with Gasteiger partial charge in [0, 0.05) is 6.92 Å². The number of benzene rings is 1. The molecule has 1 aromatic carbocycles. The lowest BCUT2D eigenvalue weighted by Gasteiger charge is -2.10. The molecule has 0 amide bonds. The highest BCUT2D eigenvalue weighted by atomic mass is 16.5. The van der Waals surface area contributed by atoms with Crippen molar-refractivity contribution in [3.05, 3.63) is 29.3 Å². The fourth-order valence-corrected chi connectivity index (χ4v) is 2.13. The van der Waals surface area contributed by atoms with Crippen LogP contribution in [0.4, 0.5) is 0 Å². The third-order valence-electron chi connectivity index (χ3n) is 3.31. The van der Waals surface area contributed by atoms with Crippen molar-refractivity contribution in [1.82, 2.24) is 0 Å². The molecule has 0 bridgehead atoms. The Balaban J connectivity index is 2.24. The number of esters is 2. The van der Waals surface area contributed by atoms with Gasteiger partial charge in [-0.1, -0.05) is 0 Å². The minimum Gasteiger partial charge on any atom is -0.494 e. The third kappa shape index (κ3) is 7.68.